The van der Waals surface area contributed by atoms with Crippen LogP contribution in [0.25, 0.3) is 0 Å². The SMILES string of the molecule is COc1ccc(C(=O)C2CCN(C(=O)Nc3ccc(Cl)cc3)CC2)cc1. The summed E-state index contributed by atoms with van der Waals surface area (Å²) in [6, 6.07) is 14.0. The van der Waals surface area contributed by atoms with E-state index >= 15 is 0 Å². The molecule has 136 valence electrons. The fourth-order valence-corrected chi connectivity index (χ4v) is 3.20. The Bertz CT molecular complexity index is 767. The number of amides is 2. The van der Waals surface area contributed by atoms with E-state index in [9.17, 15) is 9.59 Å². The smallest absolute Gasteiger partial charge is 0.321 e. The number of rotatable bonds is 4. The first kappa shape index (κ1) is 18.3. The first-order valence-corrected chi connectivity index (χ1v) is 8.94. The van der Waals surface area contributed by atoms with Gasteiger partial charge in [-0.25, -0.2) is 4.79 Å². The van der Waals surface area contributed by atoms with E-state index in [4.69, 9.17) is 16.3 Å². The molecule has 0 unspecified atom stereocenters. The van der Waals surface area contributed by atoms with Crippen molar-refractivity contribution in [2.75, 3.05) is 25.5 Å². The number of ketones is 1. The highest BCUT2D eigenvalue weighted by Gasteiger charge is 2.28. The van der Waals surface area contributed by atoms with Crippen LogP contribution in [0.2, 0.25) is 5.02 Å². The number of Topliss-reactive ketones (excluding diaryl/α,β-unsaturated/α-hetero) is 1. The number of benzene rings is 2. The first-order valence-electron chi connectivity index (χ1n) is 8.56. The van der Waals surface area contributed by atoms with Crippen LogP contribution in [0.4, 0.5) is 10.5 Å². The lowest BCUT2D eigenvalue weighted by Crippen LogP contribution is -2.42. The van der Waals surface area contributed by atoms with Gasteiger partial charge in [-0.05, 0) is 61.4 Å². The summed E-state index contributed by atoms with van der Waals surface area (Å²) < 4.78 is 5.12. The quantitative estimate of drug-likeness (QED) is 0.805. The molecule has 1 heterocycles. The van der Waals surface area contributed by atoms with Gasteiger partial charge >= 0.3 is 6.03 Å². The number of anilines is 1. The summed E-state index contributed by atoms with van der Waals surface area (Å²) in [4.78, 5) is 26.7. The summed E-state index contributed by atoms with van der Waals surface area (Å²) in [6.07, 6.45) is 1.33. The van der Waals surface area contributed by atoms with Gasteiger partial charge in [0.2, 0.25) is 0 Å². The molecule has 6 heteroatoms. The summed E-state index contributed by atoms with van der Waals surface area (Å²) >= 11 is 5.85. The molecule has 5 nitrogen and oxygen atoms in total. The molecule has 1 fully saturated rings. The number of methoxy groups -OCH3 is 1. The van der Waals surface area contributed by atoms with Crippen LogP contribution in [0, 0.1) is 5.92 Å². The molecule has 26 heavy (non-hydrogen) atoms. The van der Waals surface area contributed by atoms with Crippen LogP contribution < -0.4 is 10.1 Å². The number of hydrogen-bond acceptors (Lipinski definition) is 3. The van der Waals surface area contributed by atoms with Crippen LogP contribution >= 0.6 is 11.6 Å². The van der Waals surface area contributed by atoms with E-state index in [-0.39, 0.29) is 17.7 Å². The highest BCUT2D eigenvalue weighted by atomic mass is 35.5. The average molecular weight is 373 g/mol. The zero-order chi connectivity index (χ0) is 18.5. The molecule has 1 N–H and O–H groups in total. The second-order valence-corrected chi connectivity index (χ2v) is 6.73. The number of hydrogen-bond donors (Lipinski definition) is 1. The zero-order valence-corrected chi connectivity index (χ0v) is 15.3. The molecular formula is C20H21ClN2O3. The average Bonchev–Trinajstić information content (AvgIpc) is 2.69. The van der Waals surface area contributed by atoms with E-state index in [0.29, 0.717) is 42.2 Å². The van der Waals surface area contributed by atoms with Crippen LogP contribution in [-0.2, 0) is 0 Å². The highest BCUT2D eigenvalue weighted by Crippen LogP contribution is 2.24. The van der Waals surface area contributed by atoms with Gasteiger partial charge in [-0.2, -0.15) is 0 Å². The number of carbonyl (C=O) groups is 2. The summed E-state index contributed by atoms with van der Waals surface area (Å²) in [5, 5.41) is 3.48. The fraction of sp³-hybridized carbons (Fsp3) is 0.300. The van der Waals surface area contributed by atoms with Crippen LogP contribution in [0.5, 0.6) is 5.75 Å². The molecule has 3 rings (SSSR count). The Morgan fingerprint density at radius 1 is 1.04 bits per heavy atom. The monoisotopic (exact) mass is 372 g/mol. The predicted molar refractivity (Wildman–Crippen MR) is 102 cm³/mol. The molecule has 0 atom stereocenters. The minimum Gasteiger partial charge on any atom is -0.497 e. The third-order valence-corrected chi connectivity index (χ3v) is 4.87. The molecule has 1 aliphatic rings. The van der Waals surface area contributed by atoms with Crippen LogP contribution in [0.15, 0.2) is 48.5 Å². The van der Waals surface area contributed by atoms with E-state index in [0.717, 1.165) is 5.75 Å². The third-order valence-electron chi connectivity index (χ3n) is 4.62. The van der Waals surface area contributed by atoms with Crippen molar-refractivity contribution in [3.63, 3.8) is 0 Å². The maximum atomic E-state index is 12.6. The van der Waals surface area contributed by atoms with E-state index < -0.39 is 0 Å². The van der Waals surface area contributed by atoms with Crippen molar-refractivity contribution < 1.29 is 14.3 Å². The van der Waals surface area contributed by atoms with Crippen LogP contribution in [0.3, 0.4) is 0 Å². The number of piperidine rings is 1. The Morgan fingerprint density at radius 2 is 1.65 bits per heavy atom. The van der Waals surface area contributed by atoms with Crippen molar-refractivity contribution in [1.82, 2.24) is 4.90 Å². The van der Waals surface area contributed by atoms with Crippen molar-refractivity contribution in [3.8, 4) is 5.75 Å². The topological polar surface area (TPSA) is 58.6 Å². The minimum atomic E-state index is -0.150. The largest absolute Gasteiger partial charge is 0.497 e. The third kappa shape index (κ3) is 4.35. The number of halogens is 1. The minimum absolute atomic E-state index is 0.0528. The molecule has 0 radical (unpaired) electrons. The van der Waals surface area contributed by atoms with Gasteiger partial charge in [0.25, 0.3) is 0 Å². The maximum absolute atomic E-state index is 12.6. The van der Waals surface area contributed by atoms with Gasteiger partial charge in [-0.3, -0.25) is 4.79 Å². The second-order valence-electron chi connectivity index (χ2n) is 6.29. The predicted octanol–water partition coefficient (Wildman–Crippen LogP) is 4.48. The molecular weight excluding hydrogens is 352 g/mol. The van der Waals surface area contributed by atoms with Crippen molar-refractivity contribution in [2.45, 2.75) is 12.8 Å². The summed E-state index contributed by atoms with van der Waals surface area (Å²) in [7, 11) is 1.60. The van der Waals surface area contributed by atoms with Gasteiger partial charge in [-0.1, -0.05) is 11.6 Å². The fourth-order valence-electron chi connectivity index (χ4n) is 3.07. The number of nitrogens with one attached hydrogen (secondary N) is 1. The van der Waals surface area contributed by atoms with Gasteiger partial charge < -0.3 is 15.0 Å². The number of ether oxygens (including phenoxy) is 1. The lowest BCUT2D eigenvalue weighted by molar-refractivity contribution is 0.0859. The lowest BCUT2D eigenvalue weighted by atomic mass is 9.89. The number of urea groups is 1. The van der Waals surface area contributed by atoms with Gasteiger partial charge in [0.15, 0.2) is 5.78 Å². The molecule has 1 aliphatic heterocycles. The normalized spacial score (nSPS) is 14.8. The Kier molecular flexibility index (Phi) is 5.78. The molecule has 0 saturated carbocycles. The molecule has 0 spiro atoms. The summed E-state index contributed by atoms with van der Waals surface area (Å²) in [5.74, 6) is 0.809. The summed E-state index contributed by atoms with van der Waals surface area (Å²) in [5.41, 5.74) is 1.39. The van der Waals surface area contributed by atoms with Gasteiger partial charge in [-0.15, -0.1) is 0 Å². The number of nitrogens with zero attached hydrogens (tertiary/aromatic N) is 1. The molecule has 1 saturated heterocycles. The molecule has 0 bridgehead atoms. The van der Waals surface area contributed by atoms with Gasteiger partial charge in [0, 0.05) is 35.3 Å². The van der Waals surface area contributed by atoms with Crippen LogP contribution in [-0.4, -0.2) is 36.9 Å². The molecule has 2 aromatic carbocycles. The Balaban J connectivity index is 1.53. The number of carbonyl (C=O) groups excluding carboxylic acids is 2. The van der Waals surface area contributed by atoms with E-state index in [1.165, 1.54) is 0 Å². The highest BCUT2D eigenvalue weighted by molar-refractivity contribution is 6.30. The zero-order valence-electron chi connectivity index (χ0n) is 14.6. The lowest BCUT2D eigenvalue weighted by Gasteiger charge is -2.31. The molecule has 2 aromatic rings. The summed E-state index contributed by atoms with van der Waals surface area (Å²) in [6.45, 7) is 1.12. The standard InChI is InChI=1S/C20H21ClN2O3/c1-26-18-8-2-14(3-9-18)19(24)15-10-12-23(13-11-15)20(25)22-17-6-4-16(21)5-7-17/h2-9,15H,10-13H2,1H3,(H,22,25). The van der Waals surface area contributed by atoms with E-state index in [1.54, 1.807) is 60.5 Å². The van der Waals surface area contributed by atoms with Gasteiger partial charge in [0.05, 0.1) is 7.11 Å². The molecule has 0 aliphatic carbocycles. The molecule has 0 aromatic heterocycles. The first-order chi connectivity index (χ1) is 12.6. The van der Waals surface area contributed by atoms with Crippen molar-refractivity contribution in [1.29, 1.82) is 0 Å². The van der Waals surface area contributed by atoms with Gasteiger partial charge in [0.1, 0.15) is 5.75 Å². The maximum Gasteiger partial charge on any atom is 0.321 e. The van der Waals surface area contributed by atoms with Crippen molar-refractivity contribution in [3.05, 3.63) is 59.1 Å². The number of likely N-dealkylation sites (tertiary alicyclic amines) is 1. The van der Waals surface area contributed by atoms with E-state index in [1.807, 2.05) is 0 Å². The van der Waals surface area contributed by atoms with Crippen molar-refractivity contribution in [2.24, 2.45) is 5.92 Å². The van der Waals surface area contributed by atoms with E-state index in [2.05, 4.69) is 5.32 Å². The Hall–Kier alpha value is -2.53. The van der Waals surface area contributed by atoms with Crippen LogP contribution in [0.1, 0.15) is 23.2 Å². The van der Waals surface area contributed by atoms with Crippen molar-refractivity contribution >= 4 is 29.1 Å². The Labute approximate surface area is 157 Å². The Morgan fingerprint density at radius 3 is 2.23 bits per heavy atom. The second kappa shape index (κ2) is 8.23. The molecule has 2 amide bonds.